The van der Waals surface area contributed by atoms with Gasteiger partial charge in [0.25, 0.3) is 0 Å². The van der Waals surface area contributed by atoms with Crippen molar-refractivity contribution in [3.63, 3.8) is 0 Å². The van der Waals surface area contributed by atoms with E-state index in [1.54, 1.807) is 17.0 Å². The Labute approximate surface area is 176 Å². The number of ketones is 1. The molecule has 1 amide bonds. The molecule has 1 aliphatic rings. The van der Waals surface area contributed by atoms with Crippen LogP contribution in [0.4, 0.5) is 14.5 Å². The molecule has 30 heavy (non-hydrogen) atoms. The van der Waals surface area contributed by atoms with Crippen molar-refractivity contribution in [1.82, 2.24) is 0 Å². The Hall–Kier alpha value is -3.19. The molecule has 1 saturated heterocycles. The minimum atomic E-state index is -0.510. The number of nitrogens with zero attached hydrogens (tertiary/aromatic N) is 1. The van der Waals surface area contributed by atoms with Crippen molar-refractivity contribution >= 4 is 29.1 Å². The minimum Gasteiger partial charge on any atom is -0.508 e. The second-order valence-corrected chi connectivity index (χ2v) is 8.01. The van der Waals surface area contributed by atoms with E-state index >= 15 is 0 Å². The van der Waals surface area contributed by atoms with Crippen LogP contribution in [0.5, 0.6) is 5.75 Å². The molecule has 4 rings (SSSR count). The molecule has 0 unspecified atom stereocenters. The van der Waals surface area contributed by atoms with E-state index in [1.165, 1.54) is 72.4 Å². The Morgan fingerprint density at radius 2 is 1.47 bits per heavy atom. The predicted octanol–water partition coefficient (Wildman–Crippen LogP) is 4.74. The molecule has 152 valence electrons. The van der Waals surface area contributed by atoms with Gasteiger partial charge in [0.1, 0.15) is 22.6 Å². The van der Waals surface area contributed by atoms with Gasteiger partial charge < -0.3 is 10.0 Å². The van der Waals surface area contributed by atoms with Gasteiger partial charge in [-0.3, -0.25) is 9.59 Å². The molecule has 0 bridgehead atoms. The second-order valence-electron chi connectivity index (χ2n) is 6.88. The van der Waals surface area contributed by atoms with Gasteiger partial charge in [-0.05, 0) is 66.2 Å². The Kier molecular flexibility index (Phi) is 5.55. The molecule has 4 nitrogen and oxygen atoms in total. The molecule has 0 radical (unpaired) electrons. The Morgan fingerprint density at radius 1 is 0.900 bits per heavy atom. The topological polar surface area (TPSA) is 57.6 Å². The lowest BCUT2D eigenvalue weighted by atomic mass is 9.92. The summed E-state index contributed by atoms with van der Waals surface area (Å²) in [6.07, 6.45) is 0. The maximum Gasteiger partial charge on any atom is 0.243 e. The summed E-state index contributed by atoms with van der Waals surface area (Å²) in [7, 11) is 0. The smallest absolute Gasteiger partial charge is 0.243 e. The van der Waals surface area contributed by atoms with Crippen LogP contribution in [-0.2, 0) is 4.79 Å². The van der Waals surface area contributed by atoms with E-state index in [1.807, 2.05) is 0 Å². The standard InChI is InChI=1S/C23H17F2NO3S/c24-16-5-1-14(2-6-16)20(28)13-30-22-21(15-3-11-19(27)12-4-15)26(23(22)29)18-9-7-17(25)8-10-18/h1-12,21-22,27H,13H2/t21-,22+/m1/s1. The first kappa shape index (κ1) is 20.1. The summed E-state index contributed by atoms with van der Waals surface area (Å²) in [4.78, 5) is 26.9. The van der Waals surface area contributed by atoms with Crippen LogP contribution >= 0.6 is 11.8 Å². The highest BCUT2D eigenvalue weighted by Gasteiger charge is 2.49. The fourth-order valence-electron chi connectivity index (χ4n) is 3.39. The molecule has 0 aliphatic carbocycles. The average molecular weight is 425 g/mol. The molecule has 0 saturated carbocycles. The van der Waals surface area contributed by atoms with Crippen LogP contribution < -0.4 is 4.90 Å². The molecule has 0 spiro atoms. The second kappa shape index (κ2) is 8.28. The van der Waals surface area contributed by atoms with Crippen molar-refractivity contribution in [2.75, 3.05) is 10.7 Å². The number of amides is 1. The number of hydrogen-bond acceptors (Lipinski definition) is 4. The van der Waals surface area contributed by atoms with Crippen molar-refractivity contribution in [1.29, 1.82) is 0 Å². The fourth-order valence-corrected chi connectivity index (χ4v) is 4.61. The number of phenols is 1. The maximum absolute atomic E-state index is 13.3. The third-order valence-electron chi connectivity index (χ3n) is 4.95. The van der Waals surface area contributed by atoms with E-state index in [-0.39, 0.29) is 29.2 Å². The number of carbonyl (C=O) groups is 2. The zero-order valence-corrected chi connectivity index (χ0v) is 16.5. The zero-order valence-electron chi connectivity index (χ0n) is 15.7. The van der Waals surface area contributed by atoms with E-state index in [9.17, 15) is 23.5 Å². The van der Waals surface area contributed by atoms with Gasteiger partial charge in [-0.2, -0.15) is 0 Å². The number of carbonyl (C=O) groups excluding carboxylic acids is 2. The van der Waals surface area contributed by atoms with Crippen molar-refractivity contribution in [3.8, 4) is 5.75 Å². The predicted molar refractivity (Wildman–Crippen MR) is 112 cm³/mol. The van der Waals surface area contributed by atoms with E-state index in [0.29, 0.717) is 11.3 Å². The van der Waals surface area contributed by atoms with Gasteiger partial charge in [0, 0.05) is 11.3 Å². The molecule has 0 aromatic heterocycles. The summed E-state index contributed by atoms with van der Waals surface area (Å²) < 4.78 is 26.4. The average Bonchev–Trinajstić information content (AvgIpc) is 2.74. The first-order valence-corrected chi connectivity index (χ1v) is 10.3. The minimum absolute atomic E-state index is 0.0634. The van der Waals surface area contributed by atoms with Gasteiger partial charge in [-0.25, -0.2) is 8.78 Å². The van der Waals surface area contributed by atoms with Crippen LogP contribution in [0.15, 0.2) is 72.8 Å². The largest absolute Gasteiger partial charge is 0.508 e. The lowest BCUT2D eigenvalue weighted by Crippen LogP contribution is -2.57. The van der Waals surface area contributed by atoms with Crippen molar-refractivity contribution in [2.45, 2.75) is 11.3 Å². The molecule has 3 aromatic rings. The maximum atomic E-state index is 13.3. The molecule has 1 heterocycles. The van der Waals surface area contributed by atoms with E-state index in [2.05, 4.69) is 0 Å². The highest BCUT2D eigenvalue weighted by molar-refractivity contribution is 8.01. The summed E-state index contributed by atoms with van der Waals surface area (Å²) in [5, 5.41) is 9.07. The van der Waals surface area contributed by atoms with Crippen LogP contribution in [0.1, 0.15) is 22.0 Å². The first-order valence-electron chi connectivity index (χ1n) is 9.22. The summed E-state index contributed by atoms with van der Waals surface area (Å²) in [6.45, 7) is 0. The number of hydrogen-bond donors (Lipinski definition) is 1. The number of aromatic hydroxyl groups is 1. The molecule has 1 aliphatic heterocycles. The number of rotatable bonds is 6. The van der Waals surface area contributed by atoms with Crippen LogP contribution in [0, 0.1) is 11.6 Å². The molecule has 1 fully saturated rings. The monoisotopic (exact) mass is 425 g/mol. The van der Waals surface area contributed by atoms with Crippen molar-refractivity contribution < 1.29 is 23.5 Å². The fraction of sp³-hybridized carbons (Fsp3) is 0.130. The van der Waals surface area contributed by atoms with Crippen molar-refractivity contribution in [3.05, 3.63) is 95.6 Å². The highest BCUT2D eigenvalue weighted by atomic mass is 32.2. The van der Waals surface area contributed by atoms with Crippen LogP contribution in [-0.4, -0.2) is 27.8 Å². The van der Waals surface area contributed by atoms with E-state index < -0.39 is 16.9 Å². The number of β-lactam (4-membered cyclic amide) rings is 1. The number of phenolic OH excluding ortho intramolecular Hbond substituents is 1. The lowest BCUT2D eigenvalue weighted by molar-refractivity contribution is -0.123. The number of Topliss-reactive ketones (excluding diaryl/α,β-unsaturated/α-hetero) is 1. The molecular formula is C23H17F2NO3S. The number of thioether (sulfide) groups is 1. The zero-order chi connectivity index (χ0) is 21.3. The van der Waals surface area contributed by atoms with Gasteiger partial charge in [0.15, 0.2) is 5.78 Å². The summed E-state index contributed by atoms with van der Waals surface area (Å²) >= 11 is 1.22. The van der Waals surface area contributed by atoms with Gasteiger partial charge in [0.05, 0.1) is 11.8 Å². The van der Waals surface area contributed by atoms with Gasteiger partial charge in [0.2, 0.25) is 5.91 Å². The summed E-state index contributed by atoms with van der Waals surface area (Å²) in [5.74, 6) is -1.03. The highest BCUT2D eigenvalue weighted by Crippen LogP contribution is 2.45. The van der Waals surface area contributed by atoms with Crippen molar-refractivity contribution in [2.24, 2.45) is 0 Å². The molecular weight excluding hydrogens is 408 g/mol. The van der Waals surface area contributed by atoms with Crippen LogP contribution in [0.25, 0.3) is 0 Å². The first-order chi connectivity index (χ1) is 14.4. The normalized spacial score (nSPS) is 18.2. The Morgan fingerprint density at radius 3 is 2.07 bits per heavy atom. The van der Waals surface area contributed by atoms with Gasteiger partial charge in [-0.1, -0.05) is 12.1 Å². The number of halogens is 2. The van der Waals surface area contributed by atoms with Crippen LogP contribution in [0.3, 0.4) is 0 Å². The molecule has 2 atom stereocenters. The molecule has 7 heteroatoms. The lowest BCUT2D eigenvalue weighted by Gasteiger charge is -2.47. The third kappa shape index (κ3) is 3.93. The van der Waals surface area contributed by atoms with Crippen LogP contribution in [0.2, 0.25) is 0 Å². The Balaban J connectivity index is 1.55. The molecule has 1 N–H and O–H groups in total. The summed E-state index contributed by atoms with van der Waals surface area (Å²) in [5.41, 5.74) is 1.73. The van der Waals surface area contributed by atoms with Gasteiger partial charge >= 0.3 is 0 Å². The summed E-state index contributed by atoms with van der Waals surface area (Å²) in [6, 6.07) is 17.1. The number of benzene rings is 3. The van der Waals surface area contributed by atoms with E-state index in [4.69, 9.17) is 0 Å². The molecule has 3 aromatic carbocycles. The number of anilines is 1. The third-order valence-corrected chi connectivity index (χ3v) is 6.19. The van der Waals surface area contributed by atoms with E-state index in [0.717, 1.165) is 5.56 Å². The Bertz CT molecular complexity index is 1070. The SMILES string of the molecule is O=C(CS[C@@H]1C(=O)N(c2ccc(F)cc2)[C@@H]1c1ccc(O)cc1)c1ccc(F)cc1. The van der Waals surface area contributed by atoms with Gasteiger partial charge in [-0.15, -0.1) is 11.8 Å². The quantitative estimate of drug-likeness (QED) is 0.458.